The first-order valence-electron chi connectivity index (χ1n) is 4.96. The molecule has 3 nitrogen and oxygen atoms in total. The van der Waals surface area contributed by atoms with Crippen molar-refractivity contribution in [2.75, 3.05) is 0 Å². The molecule has 0 saturated heterocycles. The number of hydrogen-bond acceptors (Lipinski definition) is 2. The summed E-state index contributed by atoms with van der Waals surface area (Å²) in [5.74, 6) is 0.821. The highest BCUT2D eigenvalue weighted by Gasteiger charge is 2.18. The minimum absolute atomic E-state index is 0.393. The van der Waals surface area contributed by atoms with Crippen LogP contribution in [0.5, 0.6) is 0 Å². The molecule has 0 aromatic carbocycles. The smallest absolute Gasteiger partial charge is 0.0792 e. The van der Waals surface area contributed by atoms with Crippen molar-refractivity contribution in [3.63, 3.8) is 0 Å². The first-order valence-corrected chi connectivity index (χ1v) is 4.96. The summed E-state index contributed by atoms with van der Waals surface area (Å²) in [6.07, 6.45) is 7.35. The van der Waals surface area contributed by atoms with Crippen molar-refractivity contribution >= 4 is 0 Å². The number of aromatic nitrogens is 2. The summed E-state index contributed by atoms with van der Waals surface area (Å²) in [4.78, 5) is 0. The molecule has 0 bridgehead atoms. The van der Waals surface area contributed by atoms with Gasteiger partial charge in [0.25, 0.3) is 0 Å². The largest absolute Gasteiger partial charge is 0.389 e. The molecule has 1 fully saturated rings. The topological polar surface area (TPSA) is 38.1 Å². The van der Waals surface area contributed by atoms with Crippen LogP contribution in [0.25, 0.3) is 0 Å². The van der Waals surface area contributed by atoms with Crippen molar-refractivity contribution in [1.82, 2.24) is 9.78 Å². The summed E-state index contributed by atoms with van der Waals surface area (Å²) in [5.41, 5.74) is 0.916. The molecule has 13 heavy (non-hydrogen) atoms. The van der Waals surface area contributed by atoms with Gasteiger partial charge in [-0.2, -0.15) is 5.10 Å². The van der Waals surface area contributed by atoms with E-state index < -0.39 is 6.10 Å². The van der Waals surface area contributed by atoms with Gasteiger partial charge in [-0.3, -0.25) is 4.68 Å². The number of aliphatic hydroxyl groups excluding tert-OH is 1. The molecule has 3 heteroatoms. The van der Waals surface area contributed by atoms with Crippen molar-refractivity contribution < 1.29 is 5.11 Å². The lowest BCUT2D eigenvalue weighted by Gasteiger charge is -2.24. The molecule has 1 saturated carbocycles. The van der Waals surface area contributed by atoms with Gasteiger partial charge < -0.3 is 5.11 Å². The van der Waals surface area contributed by atoms with E-state index in [-0.39, 0.29) is 0 Å². The standard InChI is InChI=1S/C10H16N2O/c1-8(13)10-5-11-12(7-10)6-9-3-2-4-9/h5,7-9,13H,2-4,6H2,1H3. The second-order valence-electron chi connectivity index (χ2n) is 3.97. The molecule has 1 unspecified atom stereocenters. The molecule has 1 atom stereocenters. The molecule has 0 spiro atoms. The van der Waals surface area contributed by atoms with Crippen LogP contribution in [0.2, 0.25) is 0 Å². The van der Waals surface area contributed by atoms with E-state index in [0.717, 1.165) is 18.0 Å². The van der Waals surface area contributed by atoms with E-state index in [1.54, 1.807) is 13.1 Å². The van der Waals surface area contributed by atoms with Crippen molar-refractivity contribution in [3.05, 3.63) is 18.0 Å². The Labute approximate surface area is 78.4 Å². The number of rotatable bonds is 3. The molecule has 1 aromatic rings. The van der Waals surface area contributed by atoms with E-state index in [0.29, 0.717) is 0 Å². The predicted molar refractivity (Wildman–Crippen MR) is 50.2 cm³/mol. The Morgan fingerprint density at radius 3 is 2.92 bits per heavy atom. The van der Waals surface area contributed by atoms with Gasteiger partial charge in [-0.05, 0) is 25.7 Å². The van der Waals surface area contributed by atoms with E-state index in [9.17, 15) is 5.11 Å². The van der Waals surface area contributed by atoms with Crippen LogP contribution in [0.4, 0.5) is 0 Å². The van der Waals surface area contributed by atoms with Crippen LogP contribution < -0.4 is 0 Å². The van der Waals surface area contributed by atoms with Gasteiger partial charge in [0.15, 0.2) is 0 Å². The molecule has 0 amide bonds. The molecular formula is C10H16N2O. The molecule has 1 heterocycles. The maximum Gasteiger partial charge on any atom is 0.0792 e. The van der Waals surface area contributed by atoms with Gasteiger partial charge in [0, 0.05) is 18.3 Å². The molecule has 1 aliphatic carbocycles. The van der Waals surface area contributed by atoms with Crippen LogP contribution >= 0.6 is 0 Å². The maximum absolute atomic E-state index is 9.29. The van der Waals surface area contributed by atoms with E-state index in [1.165, 1.54) is 19.3 Å². The lowest BCUT2D eigenvalue weighted by molar-refractivity contribution is 0.199. The minimum Gasteiger partial charge on any atom is -0.389 e. The van der Waals surface area contributed by atoms with Crippen molar-refractivity contribution in [1.29, 1.82) is 0 Å². The van der Waals surface area contributed by atoms with Gasteiger partial charge in [-0.1, -0.05) is 6.42 Å². The molecule has 0 aliphatic heterocycles. The van der Waals surface area contributed by atoms with Crippen LogP contribution in [0, 0.1) is 5.92 Å². The SMILES string of the molecule is CC(O)c1cnn(CC2CCC2)c1. The average Bonchev–Trinajstić information content (AvgIpc) is 2.44. The summed E-state index contributed by atoms with van der Waals surface area (Å²) in [6.45, 7) is 2.79. The lowest BCUT2D eigenvalue weighted by atomic mass is 9.85. The van der Waals surface area contributed by atoms with Gasteiger partial charge in [0.2, 0.25) is 0 Å². The van der Waals surface area contributed by atoms with Crippen LogP contribution in [0.15, 0.2) is 12.4 Å². The first-order chi connectivity index (χ1) is 6.25. The highest BCUT2D eigenvalue weighted by Crippen LogP contribution is 2.27. The molecule has 0 radical (unpaired) electrons. The lowest BCUT2D eigenvalue weighted by Crippen LogP contribution is -2.18. The maximum atomic E-state index is 9.29. The van der Waals surface area contributed by atoms with Crippen molar-refractivity contribution in [2.24, 2.45) is 5.92 Å². The summed E-state index contributed by atoms with van der Waals surface area (Å²) < 4.78 is 1.95. The van der Waals surface area contributed by atoms with E-state index in [2.05, 4.69) is 5.10 Å². The summed E-state index contributed by atoms with van der Waals surface area (Å²) in [5, 5.41) is 13.5. The Hall–Kier alpha value is -0.830. The number of aliphatic hydroxyl groups is 1. The molecular weight excluding hydrogens is 164 g/mol. The summed E-state index contributed by atoms with van der Waals surface area (Å²) in [7, 11) is 0. The first kappa shape index (κ1) is 8.75. The molecule has 72 valence electrons. The van der Waals surface area contributed by atoms with Crippen molar-refractivity contribution in [3.8, 4) is 0 Å². The highest BCUT2D eigenvalue weighted by molar-refractivity contribution is 5.06. The van der Waals surface area contributed by atoms with Gasteiger partial charge in [-0.25, -0.2) is 0 Å². The van der Waals surface area contributed by atoms with Gasteiger partial charge in [0.1, 0.15) is 0 Å². The Balaban J connectivity index is 1.96. The Morgan fingerprint density at radius 2 is 2.46 bits per heavy atom. The molecule has 1 aromatic heterocycles. The average molecular weight is 180 g/mol. The van der Waals surface area contributed by atoms with Crippen LogP contribution in [-0.4, -0.2) is 14.9 Å². The third-order valence-electron chi connectivity index (χ3n) is 2.81. The fraction of sp³-hybridized carbons (Fsp3) is 0.700. The predicted octanol–water partition coefficient (Wildman–Crippen LogP) is 1.74. The molecule has 1 N–H and O–H groups in total. The van der Waals surface area contributed by atoms with Gasteiger partial charge >= 0.3 is 0 Å². The second-order valence-corrected chi connectivity index (χ2v) is 3.97. The van der Waals surface area contributed by atoms with E-state index in [4.69, 9.17) is 0 Å². The normalized spacial score (nSPS) is 19.8. The molecule has 2 rings (SSSR count). The second kappa shape index (κ2) is 3.50. The number of hydrogen-bond donors (Lipinski definition) is 1. The minimum atomic E-state index is -0.393. The van der Waals surface area contributed by atoms with Gasteiger partial charge in [-0.15, -0.1) is 0 Å². The van der Waals surface area contributed by atoms with E-state index >= 15 is 0 Å². The fourth-order valence-corrected chi connectivity index (χ4v) is 1.64. The monoisotopic (exact) mass is 180 g/mol. The zero-order valence-corrected chi connectivity index (χ0v) is 7.98. The fourth-order valence-electron chi connectivity index (χ4n) is 1.64. The highest BCUT2D eigenvalue weighted by atomic mass is 16.3. The van der Waals surface area contributed by atoms with Crippen LogP contribution in [0.3, 0.4) is 0 Å². The zero-order valence-electron chi connectivity index (χ0n) is 7.98. The van der Waals surface area contributed by atoms with Crippen LogP contribution in [0.1, 0.15) is 37.9 Å². The third kappa shape index (κ3) is 1.91. The molecule has 1 aliphatic rings. The Bertz CT molecular complexity index is 276. The zero-order chi connectivity index (χ0) is 9.26. The van der Waals surface area contributed by atoms with Gasteiger partial charge in [0.05, 0.1) is 12.3 Å². The Kier molecular flexibility index (Phi) is 2.36. The van der Waals surface area contributed by atoms with E-state index in [1.807, 2.05) is 10.9 Å². The van der Waals surface area contributed by atoms with Crippen LogP contribution in [-0.2, 0) is 6.54 Å². The number of nitrogens with zero attached hydrogens (tertiary/aromatic N) is 2. The third-order valence-corrected chi connectivity index (χ3v) is 2.81. The van der Waals surface area contributed by atoms with Crippen molar-refractivity contribution in [2.45, 2.75) is 38.8 Å². The Morgan fingerprint density at radius 1 is 1.69 bits per heavy atom. The quantitative estimate of drug-likeness (QED) is 0.769. The summed E-state index contributed by atoms with van der Waals surface area (Å²) >= 11 is 0. The summed E-state index contributed by atoms with van der Waals surface area (Å²) in [6, 6.07) is 0.